The quantitative estimate of drug-likeness (QED) is 0.849. The maximum absolute atomic E-state index is 12.1. The van der Waals surface area contributed by atoms with E-state index in [9.17, 15) is 4.79 Å². The average Bonchev–Trinajstić information content (AvgIpc) is 2.81. The van der Waals surface area contributed by atoms with E-state index in [1.54, 1.807) is 22.8 Å². The van der Waals surface area contributed by atoms with Gasteiger partial charge in [-0.1, -0.05) is 6.07 Å². The van der Waals surface area contributed by atoms with Crippen molar-refractivity contribution in [3.05, 3.63) is 55.6 Å². The van der Waals surface area contributed by atoms with E-state index in [0.29, 0.717) is 6.54 Å². The minimum absolute atomic E-state index is 0.174. The molecule has 18 heavy (non-hydrogen) atoms. The number of pyridine rings is 1. The second-order valence-corrected chi connectivity index (χ2v) is 5.27. The average molecular weight is 258 g/mol. The largest absolute Gasteiger partial charge is 0.311 e. The summed E-state index contributed by atoms with van der Waals surface area (Å²) in [5.74, 6) is 0. The van der Waals surface area contributed by atoms with Crippen LogP contribution in [0.5, 0.6) is 0 Å². The third kappa shape index (κ3) is 2.36. The lowest BCUT2D eigenvalue weighted by atomic mass is 10.1. The van der Waals surface area contributed by atoms with Crippen LogP contribution in [0.3, 0.4) is 0 Å². The molecule has 0 saturated heterocycles. The summed E-state index contributed by atoms with van der Waals surface area (Å²) >= 11 is 1.69. The fourth-order valence-electron chi connectivity index (χ4n) is 2.02. The van der Waals surface area contributed by atoms with Gasteiger partial charge < -0.3 is 4.57 Å². The highest BCUT2D eigenvalue weighted by molar-refractivity contribution is 7.09. The van der Waals surface area contributed by atoms with Crippen molar-refractivity contribution in [1.29, 1.82) is 5.26 Å². The first-order chi connectivity index (χ1) is 8.63. The van der Waals surface area contributed by atoms with E-state index in [4.69, 9.17) is 5.26 Å². The van der Waals surface area contributed by atoms with Crippen LogP contribution in [0, 0.1) is 25.2 Å². The Labute approximate surface area is 110 Å². The lowest BCUT2D eigenvalue weighted by Gasteiger charge is -2.11. The van der Waals surface area contributed by atoms with Crippen molar-refractivity contribution in [2.24, 2.45) is 0 Å². The maximum atomic E-state index is 12.1. The van der Waals surface area contributed by atoms with E-state index in [1.807, 2.05) is 30.5 Å². The van der Waals surface area contributed by atoms with Crippen LogP contribution in [-0.2, 0) is 13.0 Å². The fourth-order valence-corrected chi connectivity index (χ4v) is 2.72. The Hall–Kier alpha value is -1.86. The molecule has 0 unspecified atom stereocenters. The first-order valence-electron chi connectivity index (χ1n) is 5.77. The monoisotopic (exact) mass is 258 g/mol. The van der Waals surface area contributed by atoms with E-state index < -0.39 is 0 Å². The number of nitriles is 1. The van der Waals surface area contributed by atoms with Crippen molar-refractivity contribution in [1.82, 2.24) is 4.57 Å². The van der Waals surface area contributed by atoms with Crippen molar-refractivity contribution in [2.75, 3.05) is 0 Å². The zero-order chi connectivity index (χ0) is 13.1. The number of aryl methyl sites for hydroxylation is 3. The molecule has 0 aliphatic heterocycles. The standard InChI is InChI=1S/C14H14N2OS/c1-10-8-11(2)16(14(17)13(10)9-15)6-5-12-4-3-7-18-12/h3-4,7-8H,5-6H2,1-2H3. The van der Waals surface area contributed by atoms with Crippen LogP contribution < -0.4 is 5.56 Å². The molecule has 0 amide bonds. The van der Waals surface area contributed by atoms with Gasteiger partial charge in [-0.15, -0.1) is 11.3 Å². The summed E-state index contributed by atoms with van der Waals surface area (Å²) in [6, 6.07) is 7.96. The Kier molecular flexibility index (Phi) is 3.63. The van der Waals surface area contributed by atoms with E-state index in [2.05, 4.69) is 6.07 Å². The molecule has 2 aromatic heterocycles. The molecule has 3 nitrogen and oxygen atoms in total. The highest BCUT2D eigenvalue weighted by Crippen LogP contribution is 2.11. The van der Waals surface area contributed by atoms with E-state index in [-0.39, 0.29) is 11.1 Å². The fraction of sp³-hybridized carbons (Fsp3) is 0.286. The van der Waals surface area contributed by atoms with Gasteiger partial charge >= 0.3 is 0 Å². The highest BCUT2D eigenvalue weighted by Gasteiger charge is 2.09. The van der Waals surface area contributed by atoms with Gasteiger partial charge in [0, 0.05) is 17.1 Å². The van der Waals surface area contributed by atoms with Gasteiger partial charge in [-0.05, 0) is 43.3 Å². The minimum atomic E-state index is -0.174. The number of nitrogens with zero attached hydrogens (tertiary/aromatic N) is 2. The zero-order valence-electron chi connectivity index (χ0n) is 10.4. The zero-order valence-corrected chi connectivity index (χ0v) is 11.3. The normalized spacial score (nSPS) is 10.3. The van der Waals surface area contributed by atoms with E-state index >= 15 is 0 Å². The number of aromatic nitrogens is 1. The van der Waals surface area contributed by atoms with Gasteiger partial charge in [0.2, 0.25) is 0 Å². The third-order valence-corrected chi connectivity index (χ3v) is 3.91. The predicted molar refractivity (Wildman–Crippen MR) is 72.9 cm³/mol. The van der Waals surface area contributed by atoms with Crippen molar-refractivity contribution in [3.63, 3.8) is 0 Å². The molecule has 0 atom stereocenters. The third-order valence-electron chi connectivity index (χ3n) is 2.98. The predicted octanol–water partition coefficient (Wildman–Crippen LogP) is 2.64. The van der Waals surface area contributed by atoms with Gasteiger partial charge in [0.05, 0.1) is 0 Å². The summed E-state index contributed by atoms with van der Waals surface area (Å²) in [7, 11) is 0. The van der Waals surface area contributed by atoms with Crippen molar-refractivity contribution < 1.29 is 0 Å². The van der Waals surface area contributed by atoms with Crippen LogP contribution in [-0.4, -0.2) is 4.57 Å². The summed E-state index contributed by atoms with van der Waals surface area (Å²) in [6.07, 6.45) is 0.826. The van der Waals surface area contributed by atoms with Crippen LogP contribution in [0.1, 0.15) is 21.7 Å². The van der Waals surface area contributed by atoms with Gasteiger partial charge in [0.15, 0.2) is 0 Å². The van der Waals surface area contributed by atoms with Crippen LogP contribution in [0.4, 0.5) is 0 Å². The van der Waals surface area contributed by atoms with Crippen LogP contribution in [0.15, 0.2) is 28.4 Å². The molecular formula is C14H14N2OS. The molecule has 0 N–H and O–H groups in total. The number of hydrogen-bond donors (Lipinski definition) is 0. The highest BCUT2D eigenvalue weighted by atomic mass is 32.1. The lowest BCUT2D eigenvalue weighted by molar-refractivity contribution is 0.650. The second kappa shape index (κ2) is 5.19. The van der Waals surface area contributed by atoms with Crippen LogP contribution >= 0.6 is 11.3 Å². The molecule has 0 aliphatic rings. The molecule has 2 aromatic rings. The number of rotatable bonds is 3. The summed E-state index contributed by atoms with van der Waals surface area (Å²) in [6.45, 7) is 4.33. The number of thiophene rings is 1. The Balaban J connectivity index is 2.34. The number of hydrogen-bond acceptors (Lipinski definition) is 3. The van der Waals surface area contributed by atoms with Crippen molar-refractivity contribution in [2.45, 2.75) is 26.8 Å². The Morgan fingerprint density at radius 3 is 2.83 bits per heavy atom. The smallest absolute Gasteiger partial charge is 0.268 e. The molecule has 0 bridgehead atoms. The molecule has 0 saturated carbocycles. The van der Waals surface area contributed by atoms with Gasteiger partial charge in [0.25, 0.3) is 5.56 Å². The van der Waals surface area contributed by atoms with Gasteiger partial charge in [0.1, 0.15) is 11.6 Å². The lowest BCUT2D eigenvalue weighted by Crippen LogP contribution is -2.26. The second-order valence-electron chi connectivity index (χ2n) is 4.24. The van der Waals surface area contributed by atoms with E-state index in [1.165, 1.54) is 4.88 Å². The van der Waals surface area contributed by atoms with E-state index in [0.717, 1.165) is 17.7 Å². The van der Waals surface area contributed by atoms with Crippen LogP contribution in [0.2, 0.25) is 0 Å². The van der Waals surface area contributed by atoms with Gasteiger partial charge in [-0.25, -0.2) is 0 Å². The summed E-state index contributed by atoms with van der Waals surface area (Å²) in [5.41, 5.74) is 1.75. The molecule has 0 fully saturated rings. The summed E-state index contributed by atoms with van der Waals surface area (Å²) < 4.78 is 1.69. The Bertz CT molecular complexity index is 648. The molecule has 0 spiro atoms. The first kappa shape index (κ1) is 12.6. The molecule has 0 radical (unpaired) electrons. The molecule has 2 rings (SSSR count). The summed E-state index contributed by atoms with van der Waals surface area (Å²) in [4.78, 5) is 13.4. The van der Waals surface area contributed by atoms with Gasteiger partial charge in [-0.2, -0.15) is 5.26 Å². The van der Waals surface area contributed by atoms with Crippen LogP contribution in [0.25, 0.3) is 0 Å². The molecule has 92 valence electrons. The van der Waals surface area contributed by atoms with Gasteiger partial charge in [-0.3, -0.25) is 4.79 Å². The molecule has 4 heteroatoms. The minimum Gasteiger partial charge on any atom is -0.311 e. The Morgan fingerprint density at radius 2 is 2.22 bits per heavy atom. The molecule has 0 aliphatic carbocycles. The topological polar surface area (TPSA) is 45.8 Å². The first-order valence-corrected chi connectivity index (χ1v) is 6.65. The van der Waals surface area contributed by atoms with Crippen molar-refractivity contribution in [3.8, 4) is 6.07 Å². The molecule has 2 heterocycles. The van der Waals surface area contributed by atoms with Crippen molar-refractivity contribution >= 4 is 11.3 Å². The summed E-state index contributed by atoms with van der Waals surface area (Å²) in [5, 5.41) is 11.0. The SMILES string of the molecule is Cc1cc(C)n(CCc2cccs2)c(=O)c1C#N. The Morgan fingerprint density at radius 1 is 1.44 bits per heavy atom. The molecular weight excluding hydrogens is 244 g/mol. The molecule has 0 aromatic carbocycles. The maximum Gasteiger partial charge on any atom is 0.268 e.